The van der Waals surface area contributed by atoms with E-state index in [1.54, 1.807) is 6.92 Å². The van der Waals surface area contributed by atoms with E-state index >= 15 is 0 Å². The van der Waals surface area contributed by atoms with Gasteiger partial charge in [-0.3, -0.25) is 0 Å². The third-order valence-corrected chi connectivity index (χ3v) is 3.18. The van der Waals surface area contributed by atoms with Crippen molar-refractivity contribution in [2.75, 3.05) is 0 Å². The molecule has 0 aromatic heterocycles. The van der Waals surface area contributed by atoms with E-state index in [0.717, 1.165) is 6.07 Å². The highest BCUT2D eigenvalue weighted by atomic mass is 35.5. The molecule has 0 saturated heterocycles. The summed E-state index contributed by atoms with van der Waals surface area (Å²) in [6.07, 6.45) is -0.533. The Hall–Kier alpha value is -1.11. The Kier molecular flexibility index (Phi) is 3.90. The molecule has 0 amide bonds. The molecule has 1 rings (SSSR count). The number of nitriles is 1. The zero-order chi connectivity index (χ0) is 12.3. The van der Waals surface area contributed by atoms with Gasteiger partial charge in [0.1, 0.15) is 5.82 Å². The molecule has 1 aromatic carbocycles. The Morgan fingerprint density at radius 3 is 2.69 bits per heavy atom. The van der Waals surface area contributed by atoms with E-state index in [4.69, 9.17) is 16.9 Å². The number of halogens is 2. The summed E-state index contributed by atoms with van der Waals surface area (Å²) in [6.45, 7) is 3.46. The van der Waals surface area contributed by atoms with Crippen molar-refractivity contribution in [3.05, 3.63) is 34.6 Å². The Labute approximate surface area is 99.3 Å². The van der Waals surface area contributed by atoms with Crippen molar-refractivity contribution >= 4 is 11.6 Å². The number of benzene rings is 1. The lowest BCUT2D eigenvalue weighted by Crippen LogP contribution is -2.23. The van der Waals surface area contributed by atoms with Crippen molar-refractivity contribution in [1.82, 2.24) is 0 Å². The van der Waals surface area contributed by atoms with Gasteiger partial charge in [0.25, 0.3) is 0 Å². The Morgan fingerprint density at radius 2 is 2.25 bits per heavy atom. The van der Waals surface area contributed by atoms with E-state index in [2.05, 4.69) is 6.07 Å². The predicted octanol–water partition coefficient (Wildman–Crippen LogP) is 3.45. The molecule has 2 unspecified atom stereocenters. The molecule has 0 aliphatic rings. The third-order valence-electron chi connectivity index (χ3n) is 2.85. The Morgan fingerprint density at radius 1 is 1.62 bits per heavy atom. The molecule has 1 aromatic rings. The van der Waals surface area contributed by atoms with Crippen LogP contribution in [0.4, 0.5) is 4.39 Å². The first-order valence-corrected chi connectivity index (χ1v) is 5.36. The van der Waals surface area contributed by atoms with Gasteiger partial charge >= 0.3 is 0 Å². The van der Waals surface area contributed by atoms with Crippen LogP contribution in [0.1, 0.15) is 31.9 Å². The van der Waals surface area contributed by atoms with Crippen molar-refractivity contribution in [2.45, 2.75) is 26.4 Å². The van der Waals surface area contributed by atoms with Crippen molar-refractivity contribution < 1.29 is 9.50 Å². The minimum Gasteiger partial charge on any atom is -0.387 e. The van der Waals surface area contributed by atoms with Gasteiger partial charge in [-0.15, -0.1) is 0 Å². The highest BCUT2D eigenvalue weighted by Crippen LogP contribution is 2.38. The maximum absolute atomic E-state index is 12.8. The van der Waals surface area contributed by atoms with Gasteiger partial charge in [-0.25, -0.2) is 4.39 Å². The third kappa shape index (κ3) is 2.34. The molecule has 0 aliphatic carbocycles. The Bertz CT molecular complexity index is 430. The first-order valence-electron chi connectivity index (χ1n) is 4.99. The van der Waals surface area contributed by atoms with Crippen molar-refractivity contribution in [2.24, 2.45) is 5.41 Å². The van der Waals surface area contributed by atoms with Crippen molar-refractivity contribution in [1.29, 1.82) is 5.26 Å². The molecular weight excluding hydrogens is 229 g/mol. The second-order valence-corrected chi connectivity index (χ2v) is 4.36. The number of hydrogen-bond acceptors (Lipinski definition) is 2. The van der Waals surface area contributed by atoms with Crippen LogP contribution >= 0.6 is 11.6 Å². The molecule has 86 valence electrons. The van der Waals surface area contributed by atoms with Crippen molar-refractivity contribution in [3.8, 4) is 6.07 Å². The zero-order valence-electron chi connectivity index (χ0n) is 9.17. The quantitative estimate of drug-likeness (QED) is 0.881. The summed E-state index contributed by atoms with van der Waals surface area (Å²) in [5.41, 5.74) is -0.532. The van der Waals surface area contributed by atoms with Crippen LogP contribution in [0.5, 0.6) is 0 Å². The Balaban J connectivity index is 3.15. The number of hydrogen-bond donors (Lipinski definition) is 1. The van der Waals surface area contributed by atoms with Crippen LogP contribution in [0.2, 0.25) is 5.02 Å². The SMILES string of the molecule is CCC(C)(C#N)C(O)c1ccc(F)cc1Cl. The molecule has 0 fully saturated rings. The van der Waals surface area contributed by atoms with Crippen LogP contribution < -0.4 is 0 Å². The van der Waals surface area contributed by atoms with Gasteiger partial charge in [0, 0.05) is 10.6 Å². The maximum Gasteiger partial charge on any atom is 0.124 e. The molecule has 0 heterocycles. The van der Waals surface area contributed by atoms with E-state index in [0.29, 0.717) is 12.0 Å². The number of aliphatic hydroxyl groups is 1. The standard InChI is InChI=1S/C12H13ClFNO/c1-3-12(2,7-15)11(16)9-5-4-8(14)6-10(9)13/h4-6,11,16H,3H2,1-2H3. The normalized spacial score (nSPS) is 16.2. The van der Waals surface area contributed by atoms with Gasteiger partial charge in [-0.2, -0.15) is 5.26 Å². The number of nitrogens with zero attached hydrogens (tertiary/aromatic N) is 1. The molecule has 0 aliphatic heterocycles. The molecule has 4 heteroatoms. The van der Waals surface area contributed by atoms with Gasteiger partial charge in [0.15, 0.2) is 0 Å². The summed E-state index contributed by atoms with van der Waals surface area (Å²) in [5.74, 6) is -0.462. The van der Waals surface area contributed by atoms with Gasteiger partial charge in [-0.1, -0.05) is 24.6 Å². The monoisotopic (exact) mass is 241 g/mol. The van der Waals surface area contributed by atoms with Crippen LogP contribution in [0.15, 0.2) is 18.2 Å². The summed E-state index contributed by atoms with van der Waals surface area (Å²) < 4.78 is 12.8. The molecule has 0 radical (unpaired) electrons. The minimum absolute atomic E-state index is 0.141. The fraction of sp³-hybridized carbons (Fsp3) is 0.417. The van der Waals surface area contributed by atoms with Crippen LogP contribution in [0, 0.1) is 22.6 Å². The van der Waals surface area contributed by atoms with Gasteiger partial charge in [0.2, 0.25) is 0 Å². The fourth-order valence-electron chi connectivity index (χ4n) is 1.40. The van der Waals surface area contributed by atoms with Crippen LogP contribution in [0.25, 0.3) is 0 Å². The second-order valence-electron chi connectivity index (χ2n) is 3.95. The topological polar surface area (TPSA) is 44.0 Å². The second kappa shape index (κ2) is 4.82. The molecule has 1 N–H and O–H groups in total. The summed E-state index contributed by atoms with van der Waals surface area (Å²) in [7, 11) is 0. The molecule has 0 bridgehead atoms. The molecule has 0 saturated carbocycles. The summed E-state index contributed by atoms with van der Waals surface area (Å²) in [4.78, 5) is 0. The molecular formula is C12H13ClFNO. The van der Waals surface area contributed by atoms with Crippen LogP contribution in [-0.4, -0.2) is 5.11 Å². The predicted molar refractivity (Wildman–Crippen MR) is 60.4 cm³/mol. The lowest BCUT2D eigenvalue weighted by atomic mass is 9.80. The summed E-state index contributed by atoms with van der Waals surface area (Å²) in [6, 6.07) is 5.83. The fourth-order valence-corrected chi connectivity index (χ4v) is 1.67. The molecule has 2 nitrogen and oxygen atoms in total. The highest BCUT2D eigenvalue weighted by Gasteiger charge is 2.33. The number of aliphatic hydroxyl groups excluding tert-OH is 1. The lowest BCUT2D eigenvalue weighted by Gasteiger charge is -2.27. The van der Waals surface area contributed by atoms with E-state index in [1.165, 1.54) is 12.1 Å². The zero-order valence-corrected chi connectivity index (χ0v) is 9.92. The van der Waals surface area contributed by atoms with Gasteiger partial charge in [0.05, 0.1) is 17.6 Å². The van der Waals surface area contributed by atoms with Gasteiger partial charge < -0.3 is 5.11 Å². The smallest absolute Gasteiger partial charge is 0.124 e. The van der Waals surface area contributed by atoms with Crippen molar-refractivity contribution in [3.63, 3.8) is 0 Å². The maximum atomic E-state index is 12.8. The highest BCUT2D eigenvalue weighted by molar-refractivity contribution is 6.31. The summed E-state index contributed by atoms with van der Waals surface area (Å²) >= 11 is 5.83. The minimum atomic E-state index is -1.02. The largest absolute Gasteiger partial charge is 0.387 e. The first kappa shape index (κ1) is 13.0. The van der Waals surface area contributed by atoms with E-state index in [9.17, 15) is 9.50 Å². The summed E-state index contributed by atoms with van der Waals surface area (Å²) in [5, 5.41) is 19.3. The molecule has 2 atom stereocenters. The number of rotatable bonds is 3. The molecule has 0 spiro atoms. The average molecular weight is 242 g/mol. The molecule has 16 heavy (non-hydrogen) atoms. The van der Waals surface area contributed by atoms with E-state index < -0.39 is 17.3 Å². The van der Waals surface area contributed by atoms with Crippen LogP contribution in [-0.2, 0) is 0 Å². The van der Waals surface area contributed by atoms with Gasteiger partial charge in [-0.05, 0) is 25.5 Å². The van der Waals surface area contributed by atoms with Crippen LogP contribution in [0.3, 0.4) is 0 Å². The lowest BCUT2D eigenvalue weighted by molar-refractivity contribution is 0.0722. The van der Waals surface area contributed by atoms with E-state index in [-0.39, 0.29) is 5.02 Å². The van der Waals surface area contributed by atoms with E-state index in [1.807, 2.05) is 6.92 Å². The average Bonchev–Trinajstić information content (AvgIpc) is 2.27. The first-order chi connectivity index (χ1) is 7.44.